The highest BCUT2D eigenvalue weighted by molar-refractivity contribution is 5.92. The number of carbonyl (C=O) groups excluding carboxylic acids is 2. The molecule has 1 fully saturated rings. The molecule has 1 aliphatic rings. The predicted molar refractivity (Wildman–Crippen MR) is 93.1 cm³/mol. The average Bonchev–Trinajstić information content (AvgIpc) is 3.11. The third-order valence-corrected chi connectivity index (χ3v) is 3.87. The number of hydrogen-bond donors (Lipinski definition) is 2. The van der Waals surface area contributed by atoms with E-state index in [1.807, 2.05) is 13.8 Å². The summed E-state index contributed by atoms with van der Waals surface area (Å²) in [4.78, 5) is 25.7. The third kappa shape index (κ3) is 5.93. The number of nitrogens with two attached hydrogens (primary N) is 1. The minimum Gasteiger partial charge on any atom is -0.354 e. The molecular formula is C15H26ClFN6O2. The normalized spacial score (nSPS) is 19.8. The Hall–Kier alpha value is -1.74. The Morgan fingerprint density at radius 3 is 2.84 bits per heavy atom. The first-order valence-corrected chi connectivity index (χ1v) is 8.22. The number of halogens is 2. The molecule has 0 saturated carbocycles. The Morgan fingerprint density at radius 2 is 2.20 bits per heavy atom. The standard InChI is InChI=1S/C15H25FN6O2.ClH/c1-10(2)5-14(23)18-7-12-6-11(16)8-22(12)15(24)13-9-21(4-3-17)20-19-13;/h9-12H,3-8,17H2,1-2H3,(H,18,23);1H/t11-,12-;/m0./s1. The van der Waals surface area contributed by atoms with Gasteiger partial charge in [-0.15, -0.1) is 17.5 Å². The van der Waals surface area contributed by atoms with Gasteiger partial charge in [0.05, 0.1) is 25.3 Å². The van der Waals surface area contributed by atoms with E-state index in [0.29, 0.717) is 19.5 Å². The van der Waals surface area contributed by atoms with Crippen LogP contribution in [-0.4, -0.2) is 63.6 Å². The first-order chi connectivity index (χ1) is 11.4. The number of nitrogens with one attached hydrogen (secondary N) is 1. The monoisotopic (exact) mass is 376 g/mol. The van der Waals surface area contributed by atoms with Crippen molar-refractivity contribution in [3.63, 3.8) is 0 Å². The second-order valence-corrected chi connectivity index (χ2v) is 6.50. The Morgan fingerprint density at radius 1 is 1.48 bits per heavy atom. The predicted octanol–water partition coefficient (Wildman–Crippen LogP) is 0.374. The summed E-state index contributed by atoms with van der Waals surface area (Å²) >= 11 is 0. The highest BCUT2D eigenvalue weighted by Crippen LogP contribution is 2.22. The first-order valence-electron chi connectivity index (χ1n) is 8.22. The van der Waals surface area contributed by atoms with Gasteiger partial charge in [0.25, 0.3) is 5.91 Å². The molecule has 2 heterocycles. The summed E-state index contributed by atoms with van der Waals surface area (Å²) in [6.45, 7) is 5.00. The smallest absolute Gasteiger partial charge is 0.276 e. The maximum atomic E-state index is 13.8. The Balaban J connectivity index is 0.00000312. The van der Waals surface area contributed by atoms with Crippen molar-refractivity contribution in [1.82, 2.24) is 25.2 Å². The van der Waals surface area contributed by atoms with Gasteiger partial charge < -0.3 is 16.0 Å². The minimum atomic E-state index is -1.10. The first kappa shape index (κ1) is 21.3. The lowest BCUT2D eigenvalue weighted by atomic mass is 10.1. The van der Waals surface area contributed by atoms with Crippen LogP contribution in [0.15, 0.2) is 6.20 Å². The zero-order valence-electron chi connectivity index (χ0n) is 14.5. The molecule has 0 aromatic carbocycles. The van der Waals surface area contributed by atoms with E-state index in [-0.39, 0.29) is 61.4 Å². The molecule has 2 atom stereocenters. The molecule has 1 saturated heterocycles. The molecular weight excluding hydrogens is 351 g/mol. The van der Waals surface area contributed by atoms with Crippen LogP contribution in [0.4, 0.5) is 4.39 Å². The maximum absolute atomic E-state index is 13.8. The molecule has 142 valence electrons. The van der Waals surface area contributed by atoms with Crippen LogP contribution >= 0.6 is 12.4 Å². The summed E-state index contributed by atoms with van der Waals surface area (Å²) < 4.78 is 15.3. The Kier molecular flexibility index (Phi) is 8.24. The molecule has 0 unspecified atom stereocenters. The summed E-state index contributed by atoms with van der Waals surface area (Å²) in [5.41, 5.74) is 5.60. The zero-order valence-corrected chi connectivity index (χ0v) is 15.3. The molecule has 1 aromatic rings. The van der Waals surface area contributed by atoms with E-state index in [9.17, 15) is 14.0 Å². The maximum Gasteiger partial charge on any atom is 0.276 e. The molecule has 0 bridgehead atoms. The summed E-state index contributed by atoms with van der Waals surface area (Å²) in [5, 5.41) is 10.4. The molecule has 0 spiro atoms. The van der Waals surface area contributed by atoms with Crippen molar-refractivity contribution in [3.8, 4) is 0 Å². The van der Waals surface area contributed by atoms with Crippen LogP contribution in [0.5, 0.6) is 0 Å². The van der Waals surface area contributed by atoms with Crippen LogP contribution in [-0.2, 0) is 11.3 Å². The number of hydrogen-bond acceptors (Lipinski definition) is 5. The van der Waals surface area contributed by atoms with Gasteiger partial charge in [0.2, 0.25) is 5.91 Å². The molecule has 0 radical (unpaired) electrons. The molecule has 8 nitrogen and oxygen atoms in total. The van der Waals surface area contributed by atoms with E-state index in [2.05, 4.69) is 15.6 Å². The van der Waals surface area contributed by atoms with Gasteiger partial charge in [0, 0.05) is 25.9 Å². The SMILES string of the molecule is CC(C)CC(=O)NC[C@@H]1C[C@H](F)CN1C(=O)c1cn(CCN)nn1.Cl. The van der Waals surface area contributed by atoms with Crippen molar-refractivity contribution in [1.29, 1.82) is 0 Å². The lowest BCUT2D eigenvalue weighted by Crippen LogP contribution is -2.43. The van der Waals surface area contributed by atoms with Crippen LogP contribution in [0, 0.1) is 5.92 Å². The van der Waals surface area contributed by atoms with Gasteiger partial charge in [0.1, 0.15) is 6.17 Å². The average molecular weight is 377 g/mol. The largest absolute Gasteiger partial charge is 0.354 e. The molecule has 1 aliphatic heterocycles. The summed E-state index contributed by atoms with van der Waals surface area (Å²) in [6.07, 6.45) is 1.03. The number of nitrogens with zero attached hydrogens (tertiary/aromatic N) is 4. The molecule has 2 rings (SSSR count). The number of carbonyl (C=O) groups is 2. The van der Waals surface area contributed by atoms with E-state index < -0.39 is 6.17 Å². The van der Waals surface area contributed by atoms with Crippen molar-refractivity contribution < 1.29 is 14.0 Å². The summed E-state index contributed by atoms with van der Waals surface area (Å²) in [6, 6.07) is -0.372. The Labute approximate surface area is 152 Å². The lowest BCUT2D eigenvalue weighted by molar-refractivity contribution is -0.122. The Bertz CT molecular complexity index is 582. The van der Waals surface area contributed by atoms with E-state index in [4.69, 9.17) is 5.73 Å². The highest BCUT2D eigenvalue weighted by Gasteiger charge is 2.36. The van der Waals surface area contributed by atoms with Crippen LogP contribution in [0.25, 0.3) is 0 Å². The fourth-order valence-corrected chi connectivity index (χ4v) is 2.76. The van der Waals surface area contributed by atoms with E-state index in [0.717, 1.165) is 0 Å². The van der Waals surface area contributed by atoms with E-state index in [1.54, 1.807) is 0 Å². The van der Waals surface area contributed by atoms with Crippen LogP contribution in [0.1, 0.15) is 37.2 Å². The van der Waals surface area contributed by atoms with Gasteiger partial charge in [-0.2, -0.15) is 0 Å². The molecule has 0 aliphatic carbocycles. The highest BCUT2D eigenvalue weighted by atomic mass is 35.5. The molecule has 2 amide bonds. The van der Waals surface area contributed by atoms with Gasteiger partial charge in [-0.1, -0.05) is 19.1 Å². The van der Waals surface area contributed by atoms with Gasteiger partial charge in [0.15, 0.2) is 5.69 Å². The van der Waals surface area contributed by atoms with Crippen molar-refractivity contribution in [2.45, 2.75) is 45.4 Å². The van der Waals surface area contributed by atoms with Crippen LogP contribution < -0.4 is 11.1 Å². The van der Waals surface area contributed by atoms with Crippen LogP contribution in [0.3, 0.4) is 0 Å². The fourth-order valence-electron chi connectivity index (χ4n) is 2.76. The van der Waals surface area contributed by atoms with E-state index in [1.165, 1.54) is 15.8 Å². The number of rotatable bonds is 7. The van der Waals surface area contributed by atoms with Crippen molar-refractivity contribution in [3.05, 3.63) is 11.9 Å². The van der Waals surface area contributed by atoms with Gasteiger partial charge in [-0.05, 0) is 5.92 Å². The second-order valence-electron chi connectivity index (χ2n) is 6.50. The third-order valence-electron chi connectivity index (χ3n) is 3.87. The minimum absolute atomic E-state index is 0. The van der Waals surface area contributed by atoms with Crippen LogP contribution in [0.2, 0.25) is 0 Å². The quantitative estimate of drug-likeness (QED) is 0.715. The molecule has 3 N–H and O–H groups in total. The van der Waals surface area contributed by atoms with Gasteiger partial charge in [-0.25, -0.2) is 4.39 Å². The van der Waals surface area contributed by atoms with E-state index >= 15 is 0 Å². The summed E-state index contributed by atoms with van der Waals surface area (Å²) in [5.74, 6) is -0.215. The topological polar surface area (TPSA) is 106 Å². The number of aromatic nitrogens is 3. The fraction of sp³-hybridized carbons (Fsp3) is 0.733. The summed E-state index contributed by atoms with van der Waals surface area (Å²) in [7, 11) is 0. The zero-order chi connectivity index (χ0) is 17.7. The number of alkyl halides is 1. The van der Waals surface area contributed by atoms with Gasteiger partial charge >= 0.3 is 0 Å². The van der Waals surface area contributed by atoms with Crippen molar-refractivity contribution in [2.24, 2.45) is 11.7 Å². The number of amides is 2. The van der Waals surface area contributed by atoms with Crippen molar-refractivity contribution >= 4 is 24.2 Å². The van der Waals surface area contributed by atoms with Gasteiger partial charge in [-0.3, -0.25) is 14.3 Å². The lowest BCUT2D eigenvalue weighted by Gasteiger charge is -2.23. The molecule has 1 aromatic heterocycles. The second kappa shape index (κ2) is 9.67. The van der Waals surface area contributed by atoms with Crippen molar-refractivity contribution in [2.75, 3.05) is 19.6 Å². The molecule has 10 heteroatoms. The molecule has 25 heavy (non-hydrogen) atoms. The number of likely N-dealkylation sites (tertiary alicyclic amines) is 1.